The van der Waals surface area contributed by atoms with E-state index in [1.165, 1.54) is 0 Å². The van der Waals surface area contributed by atoms with Crippen LogP contribution in [0.2, 0.25) is 5.02 Å². The summed E-state index contributed by atoms with van der Waals surface area (Å²) in [5, 5.41) is 0.680. The third kappa shape index (κ3) is 5.58. The van der Waals surface area contributed by atoms with E-state index in [1.54, 1.807) is 0 Å². The van der Waals surface area contributed by atoms with Crippen LogP contribution in [-0.2, 0) is 4.79 Å². The molecule has 0 aliphatic heterocycles. The molecule has 4 nitrogen and oxygen atoms in total. The van der Waals surface area contributed by atoms with Gasteiger partial charge in [0.05, 0.1) is 6.04 Å². The smallest absolute Gasteiger partial charge is 0.228 e. The molecule has 1 aliphatic rings. The summed E-state index contributed by atoms with van der Waals surface area (Å²) in [5.74, 6) is 0.437. The minimum Gasteiger partial charge on any atom is -0.308 e. The summed E-state index contributed by atoms with van der Waals surface area (Å²) in [7, 11) is 6.34. The van der Waals surface area contributed by atoms with Crippen molar-refractivity contribution in [2.45, 2.75) is 37.8 Å². The minimum atomic E-state index is 0.0928. The number of carbonyl (C=O) groups is 1. The lowest BCUT2D eigenvalue weighted by atomic mass is 10.1. The molecule has 1 amide bonds. The van der Waals surface area contributed by atoms with Gasteiger partial charge in [0.2, 0.25) is 5.91 Å². The van der Waals surface area contributed by atoms with Crippen LogP contribution in [0.4, 0.5) is 5.69 Å². The van der Waals surface area contributed by atoms with Crippen LogP contribution < -0.4 is 4.90 Å². The van der Waals surface area contributed by atoms with E-state index in [0.29, 0.717) is 23.4 Å². The van der Waals surface area contributed by atoms with E-state index in [2.05, 4.69) is 30.9 Å². The van der Waals surface area contributed by atoms with Crippen molar-refractivity contribution < 1.29 is 4.79 Å². The number of amides is 1. The van der Waals surface area contributed by atoms with Crippen LogP contribution in [0.1, 0.15) is 25.7 Å². The lowest BCUT2D eigenvalue weighted by Crippen LogP contribution is -2.51. The van der Waals surface area contributed by atoms with Gasteiger partial charge in [-0.15, -0.1) is 11.6 Å². The molecule has 0 aromatic heterocycles. The van der Waals surface area contributed by atoms with Crippen molar-refractivity contribution in [2.75, 3.05) is 45.0 Å². The largest absolute Gasteiger partial charge is 0.308 e. The molecule has 2 rings (SSSR count). The Kier molecular flexibility index (Phi) is 8.01. The molecule has 2 unspecified atom stereocenters. The van der Waals surface area contributed by atoms with Gasteiger partial charge < -0.3 is 14.7 Å². The molecule has 0 saturated heterocycles. The fraction of sp³-hybridized carbons (Fsp3) is 0.632. The van der Waals surface area contributed by atoms with Crippen molar-refractivity contribution in [2.24, 2.45) is 0 Å². The van der Waals surface area contributed by atoms with Crippen LogP contribution in [0.5, 0.6) is 0 Å². The third-order valence-corrected chi connectivity index (χ3v) is 5.36. The van der Waals surface area contributed by atoms with Crippen LogP contribution in [0.15, 0.2) is 24.3 Å². The summed E-state index contributed by atoms with van der Waals surface area (Å²) in [6.45, 7) is 2.00. The third-order valence-electron chi connectivity index (χ3n) is 4.92. The Balaban J connectivity index is 2.22. The van der Waals surface area contributed by atoms with E-state index in [0.717, 1.165) is 38.0 Å². The molecule has 0 bridgehead atoms. The second kappa shape index (κ2) is 9.77. The summed E-state index contributed by atoms with van der Waals surface area (Å²) in [6, 6.07) is 8.11. The Hall–Kier alpha value is -0.810. The Morgan fingerprint density at radius 2 is 1.72 bits per heavy atom. The Bertz CT molecular complexity index is 550. The van der Waals surface area contributed by atoms with Crippen LogP contribution in [0.25, 0.3) is 0 Å². The first-order valence-corrected chi connectivity index (χ1v) is 9.84. The average molecular weight is 386 g/mol. The second-order valence-corrected chi connectivity index (χ2v) is 7.84. The molecule has 1 saturated carbocycles. The van der Waals surface area contributed by atoms with Crippen LogP contribution >= 0.6 is 23.2 Å². The van der Waals surface area contributed by atoms with Crippen molar-refractivity contribution in [3.05, 3.63) is 29.3 Å². The summed E-state index contributed by atoms with van der Waals surface area (Å²) >= 11 is 11.9. The minimum absolute atomic E-state index is 0.0928. The van der Waals surface area contributed by atoms with Gasteiger partial charge >= 0.3 is 0 Å². The van der Waals surface area contributed by atoms with Crippen LogP contribution in [0, 0.1) is 0 Å². The Morgan fingerprint density at radius 1 is 1.08 bits per heavy atom. The zero-order valence-electron chi connectivity index (χ0n) is 15.4. The Morgan fingerprint density at radius 3 is 2.32 bits per heavy atom. The average Bonchev–Trinajstić information content (AvgIpc) is 3.04. The first-order chi connectivity index (χ1) is 11.9. The van der Waals surface area contributed by atoms with Gasteiger partial charge in [-0.05, 0) is 64.7 Å². The van der Waals surface area contributed by atoms with Gasteiger partial charge in [-0.2, -0.15) is 0 Å². The highest BCUT2D eigenvalue weighted by Crippen LogP contribution is 2.32. The summed E-state index contributed by atoms with van der Waals surface area (Å²) in [5.41, 5.74) is 0.914. The van der Waals surface area contributed by atoms with Gasteiger partial charge in [-0.3, -0.25) is 4.79 Å². The summed E-state index contributed by atoms with van der Waals surface area (Å²) in [6.07, 6.45) is 3.63. The Labute approximate surface area is 161 Å². The lowest BCUT2D eigenvalue weighted by Gasteiger charge is -2.38. The van der Waals surface area contributed by atoms with E-state index in [9.17, 15) is 4.79 Å². The number of nitrogens with zero attached hydrogens (tertiary/aromatic N) is 3. The summed E-state index contributed by atoms with van der Waals surface area (Å²) < 4.78 is 0. The summed E-state index contributed by atoms with van der Waals surface area (Å²) in [4.78, 5) is 19.4. The maximum atomic E-state index is 12.8. The maximum absolute atomic E-state index is 12.8. The van der Waals surface area contributed by atoms with Gasteiger partial charge in [0, 0.05) is 42.1 Å². The maximum Gasteiger partial charge on any atom is 0.228 e. The normalized spacial score (nSPS) is 20.4. The van der Waals surface area contributed by atoms with E-state index in [-0.39, 0.29) is 11.9 Å². The van der Waals surface area contributed by atoms with Gasteiger partial charge in [0.1, 0.15) is 0 Å². The topological polar surface area (TPSA) is 26.8 Å². The molecule has 1 aromatic carbocycles. The van der Waals surface area contributed by atoms with E-state index in [1.807, 2.05) is 29.2 Å². The molecule has 0 N–H and O–H groups in total. The van der Waals surface area contributed by atoms with Crippen LogP contribution in [-0.4, -0.2) is 67.9 Å². The highest BCUT2D eigenvalue weighted by Gasteiger charge is 2.37. The standard InChI is InChI=1S/C19H29Cl2N3O/c1-22(2)13-14-23(3)17-5-4-6-18(17)24(19(25)11-12-20)16-9-7-15(21)8-10-16/h7-10,17-18H,4-6,11-14H2,1-3H3. The number of hydrogen-bond acceptors (Lipinski definition) is 3. The SMILES string of the molecule is CN(C)CCN(C)C1CCCC1N(C(=O)CCCl)c1ccc(Cl)cc1. The molecule has 1 aliphatic carbocycles. The molecule has 0 spiro atoms. The number of benzene rings is 1. The predicted molar refractivity (Wildman–Crippen MR) is 107 cm³/mol. The molecule has 0 radical (unpaired) electrons. The highest BCUT2D eigenvalue weighted by atomic mass is 35.5. The van der Waals surface area contributed by atoms with Crippen molar-refractivity contribution in [1.82, 2.24) is 9.80 Å². The van der Waals surface area contributed by atoms with E-state index in [4.69, 9.17) is 23.2 Å². The number of carbonyl (C=O) groups excluding carboxylic acids is 1. The van der Waals surface area contributed by atoms with Crippen molar-refractivity contribution in [1.29, 1.82) is 0 Å². The van der Waals surface area contributed by atoms with E-state index < -0.39 is 0 Å². The van der Waals surface area contributed by atoms with Crippen LogP contribution in [0.3, 0.4) is 0 Å². The molecule has 1 fully saturated rings. The molecule has 6 heteroatoms. The van der Waals surface area contributed by atoms with Gasteiger partial charge in [0.15, 0.2) is 0 Å². The zero-order chi connectivity index (χ0) is 18.4. The highest BCUT2D eigenvalue weighted by molar-refractivity contribution is 6.30. The number of anilines is 1. The number of alkyl halides is 1. The fourth-order valence-corrected chi connectivity index (χ4v) is 3.87. The molecular formula is C19H29Cl2N3O. The van der Waals surface area contributed by atoms with Gasteiger partial charge in [0.25, 0.3) is 0 Å². The molecular weight excluding hydrogens is 357 g/mol. The zero-order valence-corrected chi connectivity index (χ0v) is 16.9. The first-order valence-electron chi connectivity index (χ1n) is 8.92. The van der Waals surface area contributed by atoms with Crippen molar-refractivity contribution >= 4 is 34.8 Å². The molecule has 0 heterocycles. The fourth-order valence-electron chi connectivity index (χ4n) is 3.58. The number of halogens is 2. The quantitative estimate of drug-likeness (QED) is 0.638. The predicted octanol–water partition coefficient (Wildman–Crippen LogP) is 3.72. The van der Waals surface area contributed by atoms with Crippen molar-refractivity contribution in [3.8, 4) is 0 Å². The first kappa shape index (κ1) is 20.5. The lowest BCUT2D eigenvalue weighted by molar-refractivity contribution is -0.118. The van der Waals surface area contributed by atoms with Gasteiger partial charge in [-0.1, -0.05) is 11.6 Å². The monoisotopic (exact) mass is 385 g/mol. The number of likely N-dealkylation sites (N-methyl/N-ethyl adjacent to an activating group) is 2. The van der Waals surface area contributed by atoms with E-state index >= 15 is 0 Å². The second-order valence-electron chi connectivity index (χ2n) is 7.03. The molecule has 25 heavy (non-hydrogen) atoms. The molecule has 140 valence electrons. The van der Waals surface area contributed by atoms with Gasteiger partial charge in [-0.25, -0.2) is 0 Å². The number of hydrogen-bond donors (Lipinski definition) is 0. The molecule has 2 atom stereocenters. The molecule has 1 aromatic rings. The number of rotatable bonds is 8. The van der Waals surface area contributed by atoms with Crippen molar-refractivity contribution in [3.63, 3.8) is 0 Å².